The molecule has 1 unspecified atom stereocenters. The van der Waals surface area contributed by atoms with Crippen molar-refractivity contribution in [3.63, 3.8) is 0 Å². The number of piperidine rings is 1. The van der Waals surface area contributed by atoms with Gasteiger partial charge in [-0.15, -0.1) is 0 Å². The summed E-state index contributed by atoms with van der Waals surface area (Å²) in [6.07, 6.45) is 4.61. The Morgan fingerprint density at radius 2 is 2.05 bits per heavy atom. The first kappa shape index (κ1) is 13.1. The fraction of sp³-hybridized carbons (Fsp3) is 0.857. The predicted molar refractivity (Wildman–Crippen MR) is 73.0 cm³/mol. The zero-order valence-electron chi connectivity index (χ0n) is 11.9. The summed E-state index contributed by atoms with van der Waals surface area (Å²) in [4.78, 5) is 7.15. The first-order chi connectivity index (χ1) is 9.24. The van der Waals surface area contributed by atoms with Gasteiger partial charge in [-0.3, -0.25) is 0 Å². The molecule has 106 valence electrons. The summed E-state index contributed by atoms with van der Waals surface area (Å²) in [7, 11) is 0. The third-order valence-corrected chi connectivity index (χ3v) is 4.44. The van der Waals surface area contributed by atoms with E-state index in [0.29, 0.717) is 18.0 Å². The maximum Gasteiger partial charge on any atom is 0.229 e. The van der Waals surface area contributed by atoms with Gasteiger partial charge in [-0.1, -0.05) is 5.16 Å². The quantitative estimate of drug-likeness (QED) is 0.906. The highest BCUT2D eigenvalue weighted by Crippen LogP contribution is 2.29. The molecule has 1 aromatic rings. The molecule has 1 atom stereocenters. The fourth-order valence-electron chi connectivity index (χ4n) is 3.12. The molecule has 0 radical (unpaired) electrons. The topological polar surface area (TPSA) is 54.2 Å². The second-order valence-electron chi connectivity index (χ2n) is 6.04. The molecule has 0 aromatic carbocycles. The SMILES string of the molecule is CC(C)N1CCC(c2nc(C3CCCN3)no2)CC1. The highest BCUT2D eigenvalue weighted by molar-refractivity contribution is 5.01. The molecule has 2 aliphatic heterocycles. The normalized spacial score (nSPS) is 26.4. The molecular formula is C14H24N4O. The van der Waals surface area contributed by atoms with Crippen molar-refractivity contribution in [2.45, 2.75) is 57.5 Å². The summed E-state index contributed by atoms with van der Waals surface area (Å²) in [5.41, 5.74) is 0. The van der Waals surface area contributed by atoms with Crippen molar-refractivity contribution >= 4 is 0 Å². The lowest BCUT2D eigenvalue weighted by atomic mass is 9.96. The van der Waals surface area contributed by atoms with E-state index in [9.17, 15) is 0 Å². The van der Waals surface area contributed by atoms with E-state index >= 15 is 0 Å². The van der Waals surface area contributed by atoms with Crippen molar-refractivity contribution in [3.05, 3.63) is 11.7 Å². The van der Waals surface area contributed by atoms with Crippen LogP contribution in [-0.2, 0) is 0 Å². The predicted octanol–water partition coefficient (Wildman–Crippen LogP) is 2.08. The van der Waals surface area contributed by atoms with Gasteiger partial charge in [0.2, 0.25) is 5.89 Å². The summed E-state index contributed by atoms with van der Waals surface area (Å²) in [5.74, 6) is 2.17. The first-order valence-electron chi connectivity index (χ1n) is 7.55. The summed E-state index contributed by atoms with van der Waals surface area (Å²) in [6.45, 7) is 7.87. The average molecular weight is 264 g/mol. The number of nitrogens with one attached hydrogen (secondary N) is 1. The maximum absolute atomic E-state index is 5.49. The lowest BCUT2D eigenvalue weighted by Crippen LogP contribution is -2.37. The van der Waals surface area contributed by atoms with Crippen LogP contribution in [-0.4, -0.2) is 40.7 Å². The van der Waals surface area contributed by atoms with Crippen LogP contribution in [0, 0.1) is 0 Å². The van der Waals surface area contributed by atoms with Crippen molar-refractivity contribution in [2.75, 3.05) is 19.6 Å². The van der Waals surface area contributed by atoms with Crippen LogP contribution in [0.1, 0.15) is 63.2 Å². The monoisotopic (exact) mass is 264 g/mol. The lowest BCUT2D eigenvalue weighted by Gasteiger charge is -2.33. The molecule has 3 rings (SSSR count). The van der Waals surface area contributed by atoms with E-state index in [2.05, 4.69) is 34.2 Å². The van der Waals surface area contributed by atoms with Gasteiger partial charge in [0, 0.05) is 12.0 Å². The van der Waals surface area contributed by atoms with Gasteiger partial charge in [0.05, 0.1) is 6.04 Å². The van der Waals surface area contributed by atoms with E-state index in [4.69, 9.17) is 4.52 Å². The Balaban J connectivity index is 1.61. The molecule has 2 saturated heterocycles. The Hall–Kier alpha value is -0.940. The second kappa shape index (κ2) is 5.59. The maximum atomic E-state index is 5.49. The number of aromatic nitrogens is 2. The van der Waals surface area contributed by atoms with Gasteiger partial charge < -0.3 is 14.7 Å². The molecule has 0 amide bonds. The van der Waals surface area contributed by atoms with E-state index in [-0.39, 0.29) is 0 Å². The molecule has 5 nitrogen and oxygen atoms in total. The molecule has 3 heterocycles. The molecule has 2 aliphatic rings. The van der Waals surface area contributed by atoms with Crippen molar-refractivity contribution in [3.8, 4) is 0 Å². The largest absolute Gasteiger partial charge is 0.339 e. The van der Waals surface area contributed by atoms with Gasteiger partial charge in [0.1, 0.15) is 0 Å². The van der Waals surface area contributed by atoms with E-state index in [1.54, 1.807) is 0 Å². The van der Waals surface area contributed by atoms with E-state index in [0.717, 1.165) is 50.6 Å². The molecule has 0 bridgehead atoms. The Bertz CT molecular complexity index is 403. The van der Waals surface area contributed by atoms with Crippen LogP contribution >= 0.6 is 0 Å². The van der Waals surface area contributed by atoms with Gasteiger partial charge in [-0.25, -0.2) is 0 Å². The van der Waals surface area contributed by atoms with Crippen LogP contribution in [0.5, 0.6) is 0 Å². The third-order valence-electron chi connectivity index (χ3n) is 4.44. The Kier molecular flexibility index (Phi) is 3.84. The number of nitrogens with zero attached hydrogens (tertiary/aromatic N) is 3. The van der Waals surface area contributed by atoms with Crippen LogP contribution < -0.4 is 5.32 Å². The average Bonchev–Trinajstić information content (AvgIpc) is 3.10. The smallest absolute Gasteiger partial charge is 0.229 e. The molecule has 19 heavy (non-hydrogen) atoms. The molecule has 5 heteroatoms. The Labute approximate surface area is 114 Å². The van der Waals surface area contributed by atoms with Gasteiger partial charge in [0.15, 0.2) is 5.82 Å². The van der Waals surface area contributed by atoms with Crippen LogP contribution in [0.25, 0.3) is 0 Å². The number of likely N-dealkylation sites (tertiary alicyclic amines) is 1. The number of hydrogen-bond donors (Lipinski definition) is 1. The molecule has 1 aromatic heterocycles. The van der Waals surface area contributed by atoms with Crippen LogP contribution in [0.15, 0.2) is 4.52 Å². The summed E-state index contributed by atoms with van der Waals surface area (Å²) in [6, 6.07) is 0.954. The zero-order valence-corrected chi connectivity index (χ0v) is 11.9. The molecule has 0 aliphatic carbocycles. The Morgan fingerprint density at radius 3 is 2.68 bits per heavy atom. The molecular weight excluding hydrogens is 240 g/mol. The first-order valence-corrected chi connectivity index (χ1v) is 7.55. The minimum absolute atomic E-state index is 0.313. The zero-order chi connectivity index (χ0) is 13.2. The summed E-state index contributed by atoms with van der Waals surface area (Å²) >= 11 is 0. The summed E-state index contributed by atoms with van der Waals surface area (Å²) in [5, 5.41) is 7.58. The van der Waals surface area contributed by atoms with Crippen molar-refractivity contribution in [2.24, 2.45) is 0 Å². The number of rotatable bonds is 3. The van der Waals surface area contributed by atoms with Crippen molar-refractivity contribution < 1.29 is 4.52 Å². The summed E-state index contributed by atoms with van der Waals surface area (Å²) < 4.78 is 5.49. The molecule has 1 N–H and O–H groups in total. The van der Waals surface area contributed by atoms with E-state index in [1.165, 1.54) is 6.42 Å². The molecule has 0 saturated carbocycles. The van der Waals surface area contributed by atoms with Crippen molar-refractivity contribution in [1.82, 2.24) is 20.4 Å². The third kappa shape index (κ3) is 2.82. The lowest BCUT2D eigenvalue weighted by molar-refractivity contribution is 0.160. The minimum atomic E-state index is 0.313. The van der Waals surface area contributed by atoms with Crippen LogP contribution in [0.2, 0.25) is 0 Å². The second-order valence-corrected chi connectivity index (χ2v) is 6.04. The van der Waals surface area contributed by atoms with E-state index in [1.807, 2.05) is 0 Å². The molecule has 0 spiro atoms. The van der Waals surface area contributed by atoms with Gasteiger partial charge in [0.25, 0.3) is 0 Å². The van der Waals surface area contributed by atoms with Crippen LogP contribution in [0.4, 0.5) is 0 Å². The highest BCUT2D eigenvalue weighted by Gasteiger charge is 2.28. The Morgan fingerprint density at radius 1 is 1.26 bits per heavy atom. The van der Waals surface area contributed by atoms with Gasteiger partial charge in [-0.2, -0.15) is 4.98 Å². The van der Waals surface area contributed by atoms with Gasteiger partial charge in [-0.05, 0) is 59.2 Å². The van der Waals surface area contributed by atoms with Crippen molar-refractivity contribution in [1.29, 1.82) is 0 Å². The van der Waals surface area contributed by atoms with Crippen LogP contribution in [0.3, 0.4) is 0 Å². The number of hydrogen-bond acceptors (Lipinski definition) is 5. The van der Waals surface area contributed by atoms with E-state index < -0.39 is 0 Å². The fourth-order valence-corrected chi connectivity index (χ4v) is 3.12. The highest BCUT2D eigenvalue weighted by atomic mass is 16.5. The standard InChI is InChI=1S/C14H24N4O/c1-10(2)18-8-5-11(6-9-18)14-16-13(17-19-14)12-4-3-7-15-12/h10-12,15H,3-9H2,1-2H3. The molecule has 2 fully saturated rings. The van der Waals surface area contributed by atoms with Gasteiger partial charge >= 0.3 is 0 Å². The minimum Gasteiger partial charge on any atom is -0.339 e.